The molecule has 2 rings (SSSR count). The molecular formula is C13H18N4O2. The van der Waals surface area contributed by atoms with Crippen molar-refractivity contribution in [2.75, 3.05) is 17.7 Å². The lowest BCUT2D eigenvalue weighted by Crippen LogP contribution is -2.05. The molecule has 0 bridgehead atoms. The van der Waals surface area contributed by atoms with Gasteiger partial charge in [0, 0.05) is 0 Å². The molecule has 0 amide bonds. The van der Waals surface area contributed by atoms with Crippen molar-refractivity contribution in [2.45, 2.75) is 26.8 Å². The molecule has 0 aromatic carbocycles. The van der Waals surface area contributed by atoms with Crippen molar-refractivity contribution in [1.82, 2.24) is 9.97 Å². The number of hydrogen-bond donors (Lipinski definition) is 2. The maximum Gasteiger partial charge on any atom is 0.239 e. The summed E-state index contributed by atoms with van der Waals surface area (Å²) in [7, 11) is 0. The van der Waals surface area contributed by atoms with E-state index in [1.165, 1.54) is 0 Å². The van der Waals surface area contributed by atoms with Crippen LogP contribution in [0.5, 0.6) is 5.88 Å². The molecule has 0 unspecified atom stereocenters. The average Bonchev–Trinajstić information content (AvgIpc) is 2.82. The standard InChI is InChI=1S/C13H18N4O2/c1-3-6-18-13-10(14)4-5-11(17-13)15-8-12-16-7-9(2)19-12/h4-5,7H,3,6,8,14H2,1-2H3,(H,15,17). The molecule has 0 aliphatic heterocycles. The minimum absolute atomic E-state index is 0.454. The lowest BCUT2D eigenvalue weighted by Gasteiger charge is -2.09. The summed E-state index contributed by atoms with van der Waals surface area (Å²) in [5, 5.41) is 3.12. The summed E-state index contributed by atoms with van der Waals surface area (Å²) in [6.45, 7) is 4.95. The van der Waals surface area contributed by atoms with Crippen molar-refractivity contribution in [1.29, 1.82) is 0 Å². The van der Waals surface area contributed by atoms with E-state index in [-0.39, 0.29) is 0 Å². The topological polar surface area (TPSA) is 86.2 Å². The molecule has 102 valence electrons. The second kappa shape index (κ2) is 6.08. The van der Waals surface area contributed by atoms with Gasteiger partial charge >= 0.3 is 0 Å². The summed E-state index contributed by atoms with van der Waals surface area (Å²) >= 11 is 0. The Balaban J connectivity index is 2.00. The number of anilines is 2. The largest absolute Gasteiger partial charge is 0.476 e. The van der Waals surface area contributed by atoms with Crippen molar-refractivity contribution >= 4 is 11.5 Å². The zero-order chi connectivity index (χ0) is 13.7. The van der Waals surface area contributed by atoms with Crippen LogP contribution in [0.3, 0.4) is 0 Å². The quantitative estimate of drug-likeness (QED) is 0.831. The van der Waals surface area contributed by atoms with E-state index in [0.29, 0.717) is 36.4 Å². The zero-order valence-corrected chi connectivity index (χ0v) is 11.1. The molecule has 0 spiro atoms. The maximum atomic E-state index is 5.79. The normalized spacial score (nSPS) is 10.4. The highest BCUT2D eigenvalue weighted by atomic mass is 16.5. The van der Waals surface area contributed by atoms with Gasteiger partial charge < -0.3 is 20.2 Å². The second-order valence-corrected chi connectivity index (χ2v) is 4.16. The first kappa shape index (κ1) is 13.2. The van der Waals surface area contributed by atoms with Gasteiger partial charge in [-0.1, -0.05) is 6.92 Å². The van der Waals surface area contributed by atoms with Crippen LogP contribution in [0.15, 0.2) is 22.7 Å². The molecular weight excluding hydrogens is 244 g/mol. The molecule has 0 radical (unpaired) electrons. The third-order valence-corrected chi connectivity index (χ3v) is 2.42. The molecule has 6 nitrogen and oxygen atoms in total. The van der Waals surface area contributed by atoms with Gasteiger partial charge in [0.2, 0.25) is 11.8 Å². The van der Waals surface area contributed by atoms with Crippen LogP contribution in [0.25, 0.3) is 0 Å². The van der Waals surface area contributed by atoms with Gasteiger partial charge in [-0.2, -0.15) is 4.98 Å². The number of nitrogens with one attached hydrogen (secondary N) is 1. The highest BCUT2D eigenvalue weighted by Gasteiger charge is 2.05. The van der Waals surface area contributed by atoms with Crippen LogP contribution in [0.2, 0.25) is 0 Å². The van der Waals surface area contributed by atoms with E-state index in [9.17, 15) is 0 Å². The summed E-state index contributed by atoms with van der Waals surface area (Å²) < 4.78 is 10.8. The van der Waals surface area contributed by atoms with Gasteiger partial charge in [0.1, 0.15) is 11.6 Å². The summed E-state index contributed by atoms with van der Waals surface area (Å²) in [6, 6.07) is 3.56. The van der Waals surface area contributed by atoms with E-state index in [1.54, 1.807) is 18.3 Å². The van der Waals surface area contributed by atoms with Crippen molar-refractivity contribution in [3.63, 3.8) is 0 Å². The smallest absolute Gasteiger partial charge is 0.239 e. The third kappa shape index (κ3) is 3.61. The number of nitrogens with two attached hydrogens (primary N) is 1. The molecule has 2 heterocycles. The number of pyridine rings is 1. The van der Waals surface area contributed by atoms with Gasteiger partial charge in [0.05, 0.1) is 25.0 Å². The number of nitrogen functional groups attached to an aromatic ring is 1. The molecule has 0 saturated carbocycles. The highest BCUT2D eigenvalue weighted by Crippen LogP contribution is 2.21. The highest BCUT2D eigenvalue weighted by molar-refractivity contribution is 5.53. The fourth-order valence-electron chi connectivity index (χ4n) is 1.51. The predicted molar refractivity (Wildman–Crippen MR) is 73.0 cm³/mol. The SMILES string of the molecule is CCCOc1nc(NCc2ncc(C)o2)ccc1N. The van der Waals surface area contributed by atoms with Crippen LogP contribution in [-0.2, 0) is 6.54 Å². The van der Waals surface area contributed by atoms with Crippen LogP contribution in [0.1, 0.15) is 25.0 Å². The van der Waals surface area contributed by atoms with Crippen molar-refractivity contribution < 1.29 is 9.15 Å². The van der Waals surface area contributed by atoms with E-state index in [0.717, 1.165) is 12.2 Å². The number of hydrogen-bond acceptors (Lipinski definition) is 6. The molecule has 0 fully saturated rings. The minimum atomic E-state index is 0.454. The number of ether oxygens (including phenoxy) is 1. The van der Waals surface area contributed by atoms with Gasteiger partial charge in [-0.25, -0.2) is 4.98 Å². The Morgan fingerprint density at radius 1 is 1.42 bits per heavy atom. The maximum absolute atomic E-state index is 5.79. The number of aryl methyl sites for hydroxylation is 1. The van der Waals surface area contributed by atoms with Gasteiger partial charge in [-0.05, 0) is 25.5 Å². The molecule has 0 aliphatic rings. The third-order valence-electron chi connectivity index (χ3n) is 2.42. The van der Waals surface area contributed by atoms with E-state index < -0.39 is 0 Å². The van der Waals surface area contributed by atoms with Crippen molar-refractivity contribution in [3.05, 3.63) is 30.0 Å². The number of aromatic nitrogens is 2. The molecule has 0 saturated heterocycles. The molecule has 0 aliphatic carbocycles. The monoisotopic (exact) mass is 262 g/mol. The van der Waals surface area contributed by atoms with Gasteiger partial charge in [-0.3, -0.25) is 0 Å². The fourth-order valence-corrected chi connectivity index (χ4v) is 1.51. The first-order valence-electron chi connectivity index (χ1n) is 6.23. The lowest BCUT2D eigenvalue weighted by molar-refractivity contribution is 0.307. The van der Waals surface area contributed by atoms with Crippen LogP contribution in [-0.4, -0.2) is 16.6 Å². The summed E-state index contributed by atoms with van der Waals surface area (Å²) in [4.78, 5) is 8.41. The number of nitrogens with zero attached hydrogens (tertiary/aromatic N) is 2. The second-order valence-electron chi connectivity index (χ2n) is 4.16. The van der Waals surface area contributed by atoms with Crippen molar-refractivity contribution in [2.24, 2.45) is 0 Å². The lowest BCUT2D eigenvalue weighted by atomic mass is 10.4. The Morgan fingerprint density at radius 3 is 2.95 bits per heavy atom. The summed E-state index contributed by atoms with van der Waals surface area (Å²) in [6.07, 6.45) is 2.59. The first-order valence-corrected chi connectivity index (χ1v) is 6.23. The Kier molecular flexibility index (Phi) is 4.22. The minimum Gasteiger partial charge on any atom is -0.476 e. The zero-order valence-electron chi connectivity index (χ0n) is 11.1. The van der Waals surface area contributed by atoms with Crippen LogP contribution in [0, 0.1) is 6.92 Å². The average molecular weight is 262 g/mol. The van der Waals surface area contributed by atoms with Gasteiger partial charge in [0.25, 0.3) is 0 Å². The van der Waals surface area contributed by atoms with E-state index in [2.05, 4.69) is 15.3 Å². The summed E-state index contributed by atoms with van der Waals surface area (Å²) in [5.74, 6) is 2.53. The number of rotatable bonds is 6. The van der Waals surface area contributed by atoms with Crippen LogP contribution < -0.4 is 15.8 Å². The molecule has 2 aromatic rings. The molecule has 19 heavy (non-hydrogen) atoms. The summed E-state index contributed by atoms with van der Waals surface area (Å²) in [5.41, 5.74) is 6.33. The molecule has 0 atom stereocenters. The van der Waals surface area contributed by atoms with Crippen LogP contribution >= 0.6 is 0 Å². The van der Waals surface area contributed by atoms with E-state index >= 15 is 0 Å². The number of oxazole rings is 1. The van der Waals surface area contributed by atoms with E-state index in [4.69, 9.17) is 14.9 Å². The van der Waals surface area contributed by atoms with Gasteiger partial charge in [0.15, 0.2) is 0 Å². The Morgan fingerprint density at radius 2 is 2.26 bits per heavy atom. The first-order chi connectivity index (χ1) is 9.19. The predicted octanol–water partition coefficient (Wildman–Crippen LogP) is 2.36. The fraction of sp³-hybridized carbons (Fsp3) is 0.385. The molecule has 6 heteroatoms. The van der Waals surface area contributed by atoms with Gasteiger partial charge in [-0.15, -0.1) is 0 Å². The van der Waals surface area contributed by atoms with Crippen molar-refractivity contribution in [3.8, 4) is 5.88 Å². The molecule has 3 N–H and O–H groups in total. The van der Waals surface area contributed by atoms with E-state index in [1.807, 2.05) is 13.8 Å². The van der Waals surface area contributed by atoms with Crippen LogP contribution in [0.4, 0.5) is 11.5 Å². The Hall–Kier alpha value is -2.24. The Bertz CT molecular complexity index is 539. The molecule has 2 aromatic heterocycles. The Labute approximate surface area is 112 Å².